The van der Waals surface area contributed by atoms with Crippen LogP contribution in [-0.4, -0.2) is 182 Å². The number of unbranched alkanes of at least 4 members (excludes halogenated alkanes) is 2. The number of ether oxygens (including phenoxy) is 2. The van der Waals surface area contributed by atoms with Gasteiger partial charge in [0.15, 0.2) is 17.6 Å². The molecule has 0 spiro atoms. The summed E-state index contributed by atoms with van der Waals surface area (Å²) >= 11 is 0. The highest BCUT2D eigenvalue weighted by Gasteiger charge is 2.49. The molecule has 6 atom stereocenters. The second-order valence-electron chi connectivity index (χ2n) is 28.5. The summed E-state index contributed by atoms with van der Waals surface area (Å²) in [5, 5.41) is 7.83. The molecular weight excluding hydrogens is 1290 g/mol. The van der Waals surface area contributed by atoms with Crippen LogP contribution >= 0.6 is 12.4 Å². The van der Waals surface area contributed by atoms with Gasteiger partial charge >= 0.3 is 12.2 Å². The van der Waals surface area contributed by atoms with E-state index in [1.165, 1.54) is 17.7 Å². The number of likely N-dealkylation sites (tertiary alicyclic amines) is 3. The number of benzene rings is 3. The summed E-state index contributed by atoms with van der Waals surface area (Å²) in [5.74, 6) is 1.93. The first kappa shape index (κ1) is 74.0. The summed E-state index contributed by atoms with van der Waals surface area (Å²) in [6, 6.07) is 12.4. The molecule has 3 aromatic rings. The maximum absolute atomic E-state index is 13.2. The van der Waals surface area contributed by atoms with Crippen molar-refractivity contribution in [2.24, 2.45) is 17.8 Å². The number of nitrogens with one attached hydrogen (secondary N) is 3. The average Bonchev–Trinajstić information content (AvgIpc) is 1.62. The molecule has 6 saturated heterocycles. The van der Waals surface area contributed by atoms with Crippen LogP contribution in [0.15, 0.2) is 66.7 Å². The van der Waals surface area contributed by atoms with Gasteiger partial charge < -0.3 is 29.5 Å². The lowest BCUT2D eigenvalue weighted by Crippen LogP contribution is -2.54. The van der Waals surface area contributed by atoms with Gasteiger partial charge in [0, 0.05) is 68.7 Å². The molecule has 1 aliphatic carbocycles. The lowest BCUT2D eigenvalue weighted by Gasteiger charge is -2.29. The van der Waals surface area contributed by atoms with Crippen LogP contribution in [0.3, 0.4) is 0 Å². The fraction of sp³-hybridized carbons (Fsp3) is 0.514. The lowest BCUT2D eigenvalue weighted by atomic mass is 9.95. The van der Waals surface area contributed by atoms with Gasteiger partial charge in [0.25, 0.3) is 23.6 Å². The Kier molecular flexibility index (Phi) is 23.7. The largest absolute Gasteiger partial charge is 0.444 e. The van der Waals surface area contributed by atoms with Gasteiger partial charge in [-0.2, -0.15) is 0 Å². The quantitative estimate of drug-likeness (QED) is 0.0603. The Hall–Kier alpha value is -9.21. The topological polar surface area (TPSA) is 310 Å². The Morgan fingerprint density at radius 3 is 1.62 bits per heavy atom. The zero-order valence-electron chi connectivity index (χ0n) is 57.0. The number of carbonyl (C=O) groups is 14. The SMILES string of the molecule is CC(C)(C)OC(=O)N1CCC(/C=C/C#Cc2cccc3c2C(=O)C(N2CCC(=O)CC2=O)C3=O)C1.CC(C)(C)OC(=O)N1CCC(CCCCc2cccc3c2C(=O)N(C2CCC(=O)NC2=O)C3=O)C1.Cl.O=C1CCC(N2C(=O)c3cccc(CCCCC4CCNC4)c3C2=O)C(=O)N1. The Balaban J connectivity index is 0.000000174. The lowest BCUT2D eigenvalue weighted by molar-refractivity contribution is -0.140. The van der Waals surface area contributed by atoms with E-state index in [0.717, 1.165) is 91.3 Å². The second-order valence-corrected chi connectivity index (χ2v) is 28.5. The summed E-state index contributed by atoms with van der Waals surface area (Å²) in [7, 11) is 0. The highest BCUT2D eigenvalue weighted by molar-refractivity contribution is 6.31. The fourth-order valence-electron chi connectivity index (χ4n) is 14.2. The first-order chi connectivity index (χ1) is 46.7. The summed E-state index contributed by atoms with van der Waals surface area (Å²) < 4.78 is 10.9. The predicted molar refractivity (Wildman–Crippen MR) is 362 cm³/mol. The van der Waals surface area contributed by atoms with E-state index in [1.54, 1.807) is 58.3 Å². The smallest absolute Gasteiger partial charge is 0.410 e. The third-order valence-corrected chi connectivity index (χ3v) is 19.0. The van der Waals surface area contributed by atoms with E-state index in [9.17, 15) is 67.1 Å². The number of Topliss-reactive ketones (excluding diaryl/α,β-unsaturated/α-hetero) is 3. The van der Waals surface area contributed by atoms with E-state index in [2.05, 4.69) is 27.8 Å². The van der Waals surface area contributed by atoms with Crippen molar-refractivity contribution in [2.45, 2.75) is 180 Å². The van der Waals surface area contributed by atoms with Crippen LogP contribution in [0.4, 0.5) is 9.59 Å². The van der Waals surface area contributed by atoms with Crippen molar-refractivity contribution < 1.29 is 76.6 Å². The molecule has 11 amide bonds. The van der Waals surface area contributed by atoms with Gasteiger partial charge in [-0.05, 0) is 178 Å². The first-order valence-corrected chi connectivity index (χ1v) is 34.2. The zero-order valence-corrected chi connectivity index (χ0v) is 57.8. The standard InChI is InChI=1S/C27H28N2O6.C26H33N3O6.C21H25N3O4.ClH/c1-27(2,3)35-26(34)28-13-11-17(16-28)7-4-5-8-18-9-6-10-20-22(18)25(33)23(24(20)32)29-14-12-19(30)15-21(29)31;1-26(2,3)35-25(34)28-14-13-16(15-28)7-4-5-8-17-9-6-10-18-21(17)24(33)29(23(18)32)19-11-12-20(30)27-22(19)31;25-17-9-8-16(19(26)23-17)24-20(27)15-7-3-6-14(18(15)21(24)28)5-2-1-4-13-10-11-22-12-13;/h4,6-7,9-10,17,23H,11-16H2,1-3H3;6,9-10,16,19H,4-5,7-8,11-15H2,1-3H3,(H,27,30,31);3,6-7,13,16,22H,1-2,4-5,8-12H2,(H,23,25,26);1H/b7-4+;;;. The highest BCUT2D eigenvalue weighted by Crippen LogP contribution is 2.35. The van der Waals surface area contributed by atoms with Crippen molar-refractivity contribution in [1.82, 2.24) is 40.4 Å². The summed E-state index contributed by atoms with van der Waals surface area (Å²) in [6.45, 7) is 15.9. The van der Waals surface area contributed by atoms with Crippen molar-refractivity contribution >= 4 is 95.1 Å². The van der Waals surface area contributed by atoms with Gasteiger partial charge in [0.2, 0.25) is 29.5 Å². The molecule has 6 fully saturated rings. The van der Waals surface area contributed by atoms with Crippen LogP contribution in [0.1, 0.15) is 217 Å². The first-order valence-electron chi connectivity index (χ1n) is 34.2. The predicted octanol–water partition coefficient (Wildman–Crippen LogP) is 7.68. The molecule has 8 heterocycles. The summed E-state index contributed by atoms with van der Waals surface area (Å²) in [5.41, 5.74) is 3.03. The van der Waals surface area contributed by atoms with Crippen LogP contribution in [0, 0.1) is 29.6 Å². The van der Waals surface area contributed by atoms with Gasteiger partial charge in [0.05, 0.1) is 28.7 Å². The van der Waals surface area contributed by atoms with Gasteiger partial charge in [-0.3, -0.25) is 78.0 Å². The number of fused-ring (bicyclic) bond motifs is 3. The number of imide groups is 4. The molecule has 8 aliphatic heterocycles. The molecule has 9 aliphatic rings. The van der Waals surface area contributed by atoms with Crippen molar-refractivity contribution in [2.75, 3.05) is 45.8 Å². The zero-order chi connectivity index (χ0) is 70.3. The third-order valence-electron chi connectivity index (χ3n) is 19.0. The highest BCUT2D eigenvalue weighted by atomic mass is 35.5. The van der Waals surface area contributed by atoms with E-state index in [1.807, 2.05) is 59.8 Å². The van der Waals surface area contributed by atoms with E-state index in [-0.39, 0.29) is 104 Å². The minimum Gasteiger partial charge on any atom is -0.444 e. The molecule has 25 heteroatoms. The number of allylic oxidation sites excluding steroid dienone is 1. The number of piperidine rings is 3. The van der Waals surface area contributed by atoms with E-state index >= 15 is 0 Å². The van der Waals surface area contributed by atoms with Gasteiger partial charge in [0.1, 0.15) is 29.1 Å². The number of hydrogen-bond acceptors (Lipinski definition) is 17. The molecule has 6 unspecified atom stereocenters. The Morgan fingerprint density at radius 2 is 1.09 bits per heavy atom. The number of hydrogen-bond donors (Lipinski definition) is 3. The second kappa shape index (κ2) is 31.8. The maximum atomic E-state index is 13.2. The van der Waals surface area contributed by atoms with Crippen LogP contribution in [0.25, 0.3) is 0 Å². The Labute approximate surface area is 581 Å². The molecule has 24 nitrogen and oxygen atoms in total. The molecule has 526 valence electrons. The summed E-state index contributed by atoms with van der Waals surface area (Å²) in [4.78, 5) is 181. The minimum atomic E-state index is -1.22. The molecule has 0 radical (unpaired) electrons. The molecule has 0 bridgehead atoms. The number of nitrogens with zero attached hydrogens (tertiary/aromatic N) is 5. The van der Waals surface area contributed by atoms with Crippen molar-refractivity contribution in [3.8, 4) is 11.8 Å². The molecule has 0 saturated carbocycles. The number of rotatable bonds is 14. The molecule has 99 heavy (non-hydrogen) atoms. The molecule has 3 N–H and O–H groups in total. The Morgan fingerprint density at radius 1 is 0.566 bits per heavy atom. The van der Waals surface area contributed by atoms with Gasteiger partial charge in [-0.15, -0.1) is 12.4 Å². The summed E-state index contributed by atoms with van der Waals surface area (Å²) in [6.07, 6.45) is 13.8. The minimum absolute atomic E-state index is 0. The van der Waals surface area contributed by atoms with Crippen molar-refractivity contribution in [3.63, 3.8) is 0 Å². The average molecular weight is 1380 g/mol. The van der Waals surface area contributed by atoms with Crippen LogP contribution < -0.4 is 16.0 Å². The van der Waals surface area contributed by atoms with Crippen molar-refractivity contribution in [3.05, 3.63) is 117 Å². The van der Waals surface area contributed by atoms with E-state index < -0.39 is 82.2 Å². The van der Waals surface area contributed by atoms with E-state index in [4.69, 9.17) is 9.47 Å². The fourth-order valence-corrected chi connectivity index (χ4v) is 14.2. The number of amides is 11. The maximum Gasteiger partial charge on any atom is 0.410 e. The normalized spacial score (nSPS) is 22.9. The molecule has 3 aromatic carbocycles. The molecule has 0 aromatic heterocycles. The van der Waals surface area contributed by atoms with Gasteiger partial charge in [-0.25, -0.2) is 9.59 Å². The number of halogens is 1. The van der Waals surface area contributed by atoms with Gasteiger partial charge in [-0.1, -0.05) is 67.2 Å². The molecule has 12 rings (SSSR count). The Bertz CT molecular complexity index is 3870. The van der Waals surface area contributed by atoms with E-state index in [0.29, 0.717) is 66.3 Å². The molecular formula is C74H87ClN8O16. The van der Waals surface area contributed by atoms with Crippen LogP contribution in [0.2, 0.25) is 0 Å². The number of aryl methyl sites for hydroxylation is 2. The third kappa shape index (κ3) is 17.4. The van der Waals surface area contributed by atoms with Crippen molar-refractivity contribution in [1.29, 1.82) is 0 Å². The van der Waals surface area contributed by atoms with Crippen LogP contribution in [0.5, 0.6) is 0 Å². The number of carbonyl (C=O) groups excluding carboxylic acids is 14. The number of ketones is 3. The van der Waals surface area contributed by atoms with Crippen LogP contribution in [-0.2, 0) is 51.1 Å². The monoisotopic (exact) mass is 1380 g/mol.